The average Bonchev–Trinajstić information content (AvgIpc) is 2.92. The molecule has 0 spiro atoms. The maximum atomic E-state index is 11.9. The minimum absolute atomic E-state index is 0. The van der Waals surface area contributed by atoms with Crippen molar-refractivity contribution < 1.29 is 84.0 Å². The number of aromatic nitrogens is 2. The molecule has 1 aliphatic heterocycles. The molecule has 2 heterocycles. The molecule has 0 unspecified atom stereocenters. The summed E-state index contributed by atoms with van der Waals surface area (Å²) in [5.74, 6) is -2.20. The number of aromatic amines is 1. The summed E-state index contributed by atoms with van der Waals surface area (Å²) in [6, 6.07) is 0. The number of H-pyrrole nitrogens is 1. The van der Waals surface area contributed by atoms with Crippen LogP contribution < -0.4 is 75.0 Å². The van der Waals surface area contributed by atoms with Crippen molar-refractivity contribution in [2.75, 3.05) is 7.05 Å². The van der Waals surface area contributed by atoms with Crippen LogP contribution in [0.15, 0.2) is 27.6 Å². The van der Waals surface area contributed by atoms with Crippen LogP contribution in [-0.4, -0.2) is 39.4 Å². The summed E-state index contributed by atoms with van der Waals surface area (Å²) in [6.45, 7) is -0.347. The zero-order valence-electron chi connectivity index (χ0n) is 14.2. The number of carbonyl (C=O) groups is 2. The van der Waals surface area contributed by atoms with Gasteiger partial charge < -0.3 is 20.0 Å². The topological polar surface area (TPSA) is 143 Å². The maximum Gasteiger partial charge on any atom is 1.00 e. The van der Waals surface area contributed by atoms with Crippen molar-refractivity contribution in [1.29, 1.82) is 0 Å². The largest absolute Gasteiger partial charge is 1.00 e. The number of allylic oxidation sites excluding steroid dienone is 2. The van der Waals surface area contributed by atoms with Gasteiger partial charge in [0.1, 0.15) is 5.71 Å². The second-order valence-corrected chi connectivity index (χ2v) is 4.63. The molecular formula is C13H12N4Na2O6. The normalized spacial score (nSPS) is 15.3. The van der Waals surface area contributed by atoms with Gasteiger partial charge in [0.15, 0.2) is 0 Å². The van der Waals surface area contributed by atoms with Gasteiger partial charge in [-0.3, -0.25) is 19.4 Å². The van der Waals surface area contributed by atoms with E-state index in [-0.39, 0.29) is 82.6 Å². The van der Waals surface area contributed by atoms with Crippen LogP contribution in [0.1, 0.15) is 11.3 Å². The van der Waals surface area contributed by atoms with E-state index in [0.29, 0.717) is 0 Å². The average molecular weight is 366 g/mol. The Hall–Kier alpha value is -0.980. The first-order valence-electron chi connectivity index (χ1n) is 6.36. The quantitative estimate of drug-likeness (QED) is 0.237. The molecule has 0 saturated heterocycles. The molecule has 0 aliphatic carbocycles. The van der Waals surface area contributed by atoms with Gasteiger partial charge >= 0.3 is 59.1 Å². The number of aliphatic carboxylic acids is 1. The van der Waals surface area contributed by atoms with Crippen molar-refractivity contribution in [1.82, 2.24) is 14.8 Å². The van der Waals surface area contributed by atoms with E-state index in [2.05, 4.69) is 15.1 Å². The number of likely N-dealkylation sites (N-methyl/N-ethyl adjacent to an activating group) is 1. The molecule has 1 amide bonds. The van der Waals surface area contributed by atoms with Crippen LogP contribution in [0.5, 0.6) is 0 Å². The second-order valence-electron chi connectivity index (χ2n) is 4.63. The molecule has 0 saturated carbocycles. The first-order valence-corrected chi connectivity index (χ1v) is 6.36. The molecule has 122 valence electrons. The van der Waals surface area contributed by atoms with Crippen LogP contribution in [0.25, 0.3) is 6.08 Å². The van der Waals surface area contributed by atoms with Crippen LogP contribution in [0, 0.1) is 0 Å². The van der Waals surface area contributed by atoms with Crippen LogP contribution in [0.2, 0.25) is 0 Å². The third-order valence-electron chi connectivity index (χ3n) is 3.11. The Kier molecular flexibility index (Phi) is 9.84. The number of hydrazone groups is 1. The van der Waals surface area contributed by atoms with E-state index in [0.717, 1.165) is 9.69 Å². The number of carboxylic acids is 1. The molecule has 1 N–H and O–H groups in total. The van der Waals surface area contributed by atoms with Crippen molar-refractivity contribution >= 4 is 23.7 Å². The van der Waals surface area contributed by atoms with Crippen molar-refractivity contribution in [2.45, 2.75) is 6.61 Å². The van der Waals surface area contributed by atoms with E-state index in [1.165, 1.54) is 32.3 Å². The molecule has 25 heavy (non-hydrogen) atoms. The van der Waals surface area contributed by atoms with E-state index in [4.69, 9.17) is 0 Å². The fraction of sp³-hybridized carbons (Fsp3) is 0.231. The number of rotatable bonds is 5. The van der Waals surface area contributed by atoms with Crippen LogP contribution >= 0.6 is 0 Å². The fourth-order valence-corrected chi connectivity index (χ4v) is 2.03. The Balaban J connectivity index is 0.00000288. The summed E-state index contributed by atoms with van der Waals surface area (Å²) in [7, 11) is 2.77. The maximum absolute atomic E-state index is 11.9. The number of nitrogens with zero attached hydrogens (tertiary/aromatic N) is 3. The minimum Gasteiger partial charge on any atom is -0.723 e. The van der Waals surface area contributed by atoms with Crippen molar-refractivity contribution in [3.8, 4) is 0 Å². The van der Waals surface area contributed by atoms with Crippen LogP contribution in [-0.2, 0) is 28.1 Å². The third kappa shape index (κ3) is 5.25. The first-order chi connectivity index (χ1) is 10.9. The molecule has 0 bridgehead atoms. The van der Waals surface area contributed by atoms with Crippen molar-refractivity contribution in [3.05, 3.63) is 39.3 Å². The molecule has 0 radical (unpaired) electrons. The summed E-state index contributed by atoms with van der Waals surface area (Å²) in [5.41, 5.74) is -0.655. The van der Waals surface area contributed by atoms with Crippen LogP contribution in [0.3, 0.4) is 0 Å². The summed E-state index contributed by atoms with van der Waals surface area (Å²) in [5, 5.41) is 28.2. The molecule has 0 fully saturated rings. The molecule has 0 aromatic carbocycles. The third-order valence-corrected chi connectivity index (χ3v) is 3.11. The molecule has 2 rings (SSSR count). The zero-order valence-corrected chi connectivity index (χ0v) is 18.2. The molecule has 1 aromatic rings. The molecule has 1 aromatic heterocycles. The predicted octanol–water partition coefficient (Wildman–Crippen LogP) is -8.97. The van der Waals surface area contributed by atoms with Gasteiger partial charge in [-0.1, -0.05) is 6.08 Å². The van der Waals surface area contributed by atoms with Gasteiger partial charge in [0.25, 0.3) is 11.5 Å². The van der Waals surface area contributed by atoms with Gasteiger partial charge in [0.2, 0.25) is 0 Å². The van der Waals surface area contributed by atoms with Gasteiger partial charge in [-0.05, 0) is 12.2 Å². The first kappa shape index (κ1) is 24.0. The number of aryl methyl sites for hydroxylation is 1. The molecule has 0 atom stereocenters. The minimum atomic E-state index is -1.58. The molecule has 10 nitrogen and oxygen atoms in total. The number of carbonyl (C=O) groups excluding carboxylic acids is 2. The second kappa shape index (κ2) is 10.2. The summed E-state index contributed by atoms with van der Waals surface area (Å²) in [4.78, 5) is 38.4. The number of hydrogen-bond donors (Lipinski definition) is 1. The van der Waals surface area contributed by atoms with E-state index in [1.807, 2.05) is 0 Å². The fourth-order valence-electron chi connectivity index (χ4n) is 2.03. The smallest absolute Gasteiger partial charge is 0.723 e. The Morgan fingerprint density at radius 3 is 2.52 bits per heavy atom. The van der Waals surface area contributed by atoms with Gasteiger partial charge in [0, 0.05) is 14.1 Å². The van der Waals surface area contributed by atoms with Crippen molar-refractivity contribution in [3.63, 3.8) is 0 Å². The van der Waals surface area contributed by atoms with Gasteiger partial charge in [0.05, 0.1) is 29.4 Å². The molecular weight excluding hydrogens is 354 g/mol. The summed E-state index contributed by atoms with van der Waals surface area (Å²) in [6.07, 6.45) is 3.84. The Labute approximate surface area is 186 Å². The number of carboxylic acid groups (broad SMARTS) is 1. The van der Waals surface area contributed by atoms with E-state index >= 15 is 0 Å². The van der Waals surface area contributed by atoms with E-state index in [9.17, 15) is 24.7 Å². The number of nitrogens with one attached hydrogen (secondary N) is 1. The predicted molar refractivity (Wildman–Crippen MR) is 73.2 cm³/mol. The SMILES string of the molecule is CN1N=C(C(=O)[O-])/C(=C\C=C/c2c(CO[O-])[nH]n(C)c2=O)C1=O.[Na+].[Na+]. The van der Waals surface area contributed by atoms with Crippen molar-refractivity contribution in [2.24, 2.45) is 12.1 Å². The molecule has 12 heteroatoms. The summed E-state index contributed by atoms with van der Waals surface area (Å²) >= 11 is 0. The summed E-state index contributed by atoms with van der Waals surface area (Å²) < 4.78 is 1.16. The Morgan fingerprint density at radius 2 is 1.96 bits per heavy atom. The zero-order chi connectivity index (χ0) is 17.1. The van der Waals surface area contributed by atoms with Gasteiger partial charge in [-0.15, -0.1) is 0 Å². The standard InChI is InChI=1S/C13H14N4O6.2Na/c1-16-11(18)7(9(14-16)6-23-22)4-3-5-8-10(13(20)21)15-17(2)12(8)19;;/h3-5,14,22H,6H2,1-2H3,(H,20,21);;/q;2*+1/p-2/b4-3-,8-5+;;. The van der Waals surface area contributed by atoms with E-state index < -0.39 is 23.1 Å². The van der Waals surface area contributed by atoms with Gasteiger partial charge in [-0.25, -0.2) is 5.01 Å². The monoisotopic (exact) mass is 366 g/mol. The number of hydrogen-bond acceptors (Lipinski definition) is 7. The van der Waals surface area contributed by atoms with E-state index in [1.54, 1.807) is 0 Å². The van der Waals surface area contributed by atoms with Crippen LogP contribution in [0.4, 0.5) is 0 Å². The Bertz CT molecular complexity index is 808. The molecule has 1 aliphatic rings. The number of amides is 1. The Morgan fingerprint density at radius 1 is 1.32 bits per heavy atom. The van der Waals surface area contributed by atoms with Gasteiger partial charge in [-0.2, -0.15) is 5.10 Å².